The van der Waals surface area contributed by atoms with Crippen molar-refractivity contribution in [2.45, 2.75) is 0 Å². The van der Waals surface area contributed by atoms with Crippen LogP contribution in [0.2, 0.25) is 5.02 Å². The Morgan fingerprint density at radius 2 is 1.44 bits per heavy atom. The molecule has 5 rings (SSSR count). The van der Waals surface area contributed by atoms with Crippen molar-refractivity contribution in [3.63, 3.8) is 0 Å². The molecule has 0 aliphatic carbocycles. The summed E-state index contributed by atoms with van der Waals surface area (Å²) in [6.07, 6.45) is 0. The second-order valence-corrected chi connectivity index (χ2v) is 8.34. The number of benzene rings is 3. The van der Waals surface area contributed by atoms with Crippen molar-refractivity contribution < 1.29 is 9.59 Å². The second kappa shape index (κ2) is 9.47. The number of para-hydroxylation sites is 1. The summed E-state index contributed by atoms with van der Waals surface area (Å²) < 4.78 is 2.58. The van der Waals surface area contributed by atoms with Crippen LogP contribution in [-0.2, 0) is 7.05 Å². The summed E-state index contributed by atoms with van der Waals surface area (Å²) in [5.74, 6) is -1.26. The Kier molecular flexibility index (Phi) is 6.05. The molecule has 2 N–H and O–H groups in total. The maximum absolute atomic E-state index is 13.2. The number of rotatable bonds is 4. The molecule has 2 heterocycles. The van der Waals surface area contributed by atoms with Gasteiger partial charge in [0.2, 0.25) is 0 Å². The van der Waals surface area contributed by atoms with Gasteiger partial charge in [-0.1, -0.05) is 60.1 Å². The third-order valence-corrected chi connectivity index (χ3v) is 5.80. The van der Waals surface area contributed by atoms with Gasteiger partial charge in [-0.15, -0.1) is 0 Å². The van der Waals surface area contributed by atoms with E-state index in [1.807, 2.05) is 30.3 Å². The van der Waals surface area contributed by atoms with Gasteiger partial charge >= 0.3 is 0 Å². The number of aromatic nitrogens is 4. The number of aryl methyl sites for hydroxylation is 1. The number of halogens is 1. The van der Waals surface area contributed by atoms with Gasteiger partial charge in [-0.3, -0.25) is 25.2 Å². The van der Waals surface area contributed by atoms with Crippen LogP contribution in [0.25, 0.3) is 27.7 Å². The lowest BCUT2D eigenvalue weighted by molar-refractivity contribution is 0.0839. The van der Waals surface area contributed by atoms with Gasteiger partial charge in [-0.2, -0.15) is 10.2 Å². The lowest BCUT2D eigenvalue weighted by atomic mass is 10.1. The van der Waals surface area contributed by atoms with Gasteiger partial charge in [-0.05, 0) is 36.4 Å². The first-order valence-corrected chi connectivity index (χ1v) is 11.3. The fraction of sp³-hybridized carbons (Fsp3) is 0.0385. The molecule has 0 bridgehead atoms. The van der Waals surface area contributed by atoms with E-state index in [9.17, 15) is 14.4 Å². The van der Waals surface area contributed by atoms with Gasteiger partial charge in [0, 0.05) is 23.0 Å². The molecular formula is C26H19ClN6O3. The first-order valence-electron chi connectivity index (χ1n) is 10.9. The molecule has 5 aromatic rings. The zero-order valence-electron chi connectivity index (χ0n) is 19.0. The molecular weight excluding hydrogens is 480 g/mol. The number of nitrogens with zero attached hydrogens (tertiary/aromatic N) is 4. The zero-order valence-corrected chi connectivity index (χ0v) is 19.7. The molecule has 3 aromatic carbocycles. The number of hydrogen-bond acceptors (Lipinski definition) is 5. The summed E-state index contributed by atoms with van der Waals surface area (Å²) in [5, 5.41) is 9.99. The van der Waals surface area contributed by atoms with Crippen molar-refractivity contribution in [3.05, 3.63) is 112 Å². The summed E-state index contributed by atoms with van der Waals surface area (Å²) in [4.78, 5) is 38.5. The summed E-state index contributed by atoms with van der Waals surface area (Å²) in [7, 11) is 1.46. The van der Waals surface area contributed by atoms with Gasteiger partial charge in [0.25, 0.3) is 17.4 Å². The molecule has 10 heteroatoms. The number of hydrogen-bond donors (Lipinski definition) is 2. The molecule has 36 heavy (non-hydrogen) atoms. The maximum Gasteiger partial charge on any atom is 0.290 e. The highest BCUT2D eigenvalue weighted by atomic mass is 35.5. The SMILES string of the molecule is Cn1nc(C(=O)NNC(=O)c2cc(-c3ccc(Cl)cc3)nn2-c2ccccc2)c2ccccc2c1=O. The van der Waals surface area contributed by atoms with E-state index in [-0.39, 0.29) is 16.9 Å². The Morgan fingerprint density at radius 3 is 2.17 bits per heavy atom. The monoisotopic (exact) mass is 498 g/mol. The molecule has 0 saturated carbocycles. The fourth-order valence-corrected chi connectivity index (χ4v) is 3.90. The van der Waals surface area contributed by atoms with E-state index in [1.165, 1.54) is 11.7 Å². The summed E-state index contributed by atoms with van der Waals surface area (Å²) >= 11 is 6.00. The summed E-state index contributed by atoms with van der Waals surface area (Å²) in [5.41, 5.74) is 6.70. The first-order chi connectivity index (χ1) is 17.4. The molecule has 0 saturated heterocycles. The van der Waals surface area contributed by atoms with Crippen LogP contribution in [0.1, 0.15) is 21.0 Å². The third-order valence-electron chi connectivity index (χ3n) is 5.54. The molecule has 0 aliphatic heterocycles. The van der Waals surface area contributed by atoms with Crippen molar-refractivity contribution in [2.75, 3.05) is 0 Å². The highest BCUT2D eigenvalue weighted by Crippen LogP contribution is 2.23. The topological polar surface area (TPSA) is 111 Å². The number of nitrogens with one attached hydrogen (secondary N) is 2. The molecule has 9 nitrogen and oxygen atoms in total. The predicted octanol–water partition coefficient (Wildman–Crippen LogP) is 3.51. The van der Waals surface area contributed by atoms with Crippen molar-refractivity contribution >= 4 is 34.2 Å². The van der Waals surface area contributed by atoms with Crippen LogP contribution in [0, 0.1) is 0 Å². The Hall–Kier alpha value is -4.76. The standard InChI is InChI=1S/C26H19ClN6O3/c1-32-26(36)20-10-6-5-9-19(20)23(31-32)25(35)29-28-24(34)22-15-21(16-11-13-17(27)14-12-16)30-33(22)18-7-3-2-4-8-18/h2-15H,1H3,(H,28,34)(H,29,35). The Balaban J connectivity index is 1.45. The molecule has 2 aromatic heterocycles. The van der Waals surface area contributed by atoms with Gasteiger partial charge in [0.1, 0.15) is 5.69 Å². The van der Waals surface area contributed by atoms with Crippen LogP contribution in [0.4, 0.5) is 0 Å². The molecule has 0 aliphatic rings. The van der Waals surface area contributed by atoms with Crippen molar-refractivity contribution in [2.24, 2.45) is 7.05 Å². The van der Waals surface area contributed by atoms with Crippen LogP contribution in [0.5, 0.6) is 0 Å². The number of amides is 2. The van der Waals surface area contributed by atoms with Crippen LogP contribution in [-0.4, -0.2) is 31.4 Å². The van der Waals surface area contributed by atoms with E-state index in [0.29, 0.717) is 27.2 Å². The van der Waals surface area contributed by atoms with Crippen molar-refractivity contribution in [1.29, 1.82) is 0 Å². The Bertz CT molecular complexity index is 1660. The third kappa shape index (κ3) is 4.35. The summed E-state index contributed by atoms with van der Waals surface area (Å²) in [6.45, 7) is 0. The molecule has 0 atom stereocenters. The quantitative estimate of drug-likeness (QED) is 0.368. The van der Waals surface area contributed by atoms with Gasteiger partial charge < -0.3 is 0 Å². The van der Waals surface area contributed by atoms with Gasteiger partial charge in [-0.25, -0.2) is 9.36 Å². The largest absolute Gasteiger partial charge is 0.290 e. The fourth-order valence-electron chi connectivity index (χ4n) is 3.77. The molecule has 0 radical (unpaired) electrons. The second-order valence-electron chi connectivity index (χ2n) is 7.90. The molecule has 2 amide bonds. The lowest BCUT2D eigenvalue weighted by Gasteiger charge is -2.11. The average molecular weight is 499 g/mol. The number of carbonyl (C=O) groups is 2. The van der Waals surface area contributed by atoms with Crippen molar-refractivity contribution in [3.8, 4) is 16.9 Å². The van der Waals surface area contributed by atoms with Gasteiger partial charge in [0.05, 0.1) is 16.8 Å². The highest BCUT2D eigenvalue weighted by molar-refractivity contribution is 6.30. The van der Waals surface area contributed by atoms with E-state index < -0.39 is 11.8 Å². The van der Waals surface area contributed by atoms with Crippen molar-refractivity contribution in [1.82, 2.24) is 30.4 Å². The van der Waals surface area contributed by atoms with E-state index in [2.05, 4.69) is 21.0 Å². The minimum absolute atomic E-state index is 0.00594. The lowest BCUT2D eigenvalue weighted by Crippen LogP contribution is -2.43. The molecule has 178 valence electrons. The van der Waals surface area contributed by atoms with Crippen LogP contribution >= 0.6 is 11.6 Å². The Morgan fingerprint density at radius 1 is 0.806 bits per heavy atom. The number of hydrazine groups is 1. The molecule has 0 spiro atoms. The van der Waals surface area contributed by atoms with E-state index in [0.717, 1.165) is 10.2 Å². The summed E-state index contributed by atoms with van der Waals surface area (Å²) in [6, 6.07) is 24.5. The first kappa shape index (κ1) is 23.0. The average Bonchev–Trinajstić information content (AvgIpc) is 3.36. The maximum atomic E-state index is 13.2. The smallest absolute Gasteiger partial charge is 0.267 e. The minimum atomic E-state index is -0.668. The van der Waals surface area contributed by atoms with Crippen LogP contribution < -0.4 is 16.4 Å². The number of fused-ring (bicyclic) bond motifs is 1. The van der Waals surface area contributed by atoms with Gasteiger partial charge in [0.15, 0.2) is 5.69 Å². The normalized spacial score (nSPS) is 10.8. The number of carbonyl (C=O) groups excluding carboxylic acids is 2. The highest BCUT2D eigenvalue weighted by Gasteiger charge is 2.20. The zero-order chi connectivity index (χ0) is 25.2. The molecule has 0 unspecified atom stereocenters. The van der Waals surface area contributed by atoms with E-state index in [4.69, 9.17) is 11.6 Å². The predicted molar refractivity (Wildman–Crippen MR) is 136 cm³/mol. The molecule has 0 fully saturated rings. The van der Waals surface area contributed by atoms with E-state index >= 15 is 0 Å². The van der Waals surface area contributed by atoms with E-state index in [1.54, 1.807) is 54.6 Å². The van der Waals surface area contributed by atoms with Crippen LogP contribution in [0.3, 0.4) is 0 Å². The minimum Gasteiger partial charge on any atom is -0.267 e. The van der Waals surface area contributed by atoms with Crippen LogP contribution in [0.15, 0.2) is 89.7 Å². The Labute approximate surface area is 209 Å².